The van der Waals surface area contributed by atoms with Crippen LogP contribution in [0.25, 0.3) is 0 Å². The summed E-state index contributed by atoms with van der Waals surface area (Å²) in [6.07, 6.45) is 1.53. The Hall–Kier alpha value is -2.24. The van der Waals surface area contributed by atoms with Crippen molar-refractivity contribution in [2.24, 2.45) is 5.73 Å². The van der Waals surface area contributed by atoms with Gasteiger partial charge >= 0.3 is 0 Å². The van der Waals surface area contributed by atoms with Crippen molar-refractivity contribution in [1.29, 1.82) is 0 Å². The van der Waals surface area contributed by atoms with Gasteiger partial charge in [0, 0.05) is 6.07 Å². The highest BCUT2D eigenvalue weighted by Crippen LogP contribution is 2.09. The van der Waals surface area contributed by atoms with Gasteiger partial charge < -0.3 is 11.1 Å². The second-order valence-corrected chi connectivity index (χ2v) is 3.58. The van der Waals surface area contributed by atoms with Gasteiger partial charge in [0.1, 0.15) is 17.7 Å². The average molecular weight is 254 g/mol. The van der Waals surface area contributed by atoms with Gasteiger partial charge in [-0.05, 0) is 18.6 Å². The van der Waals surface area contributed by atoms with Crippen LogP contribution in [0.2, 0.25) is 0 Å². The molecular weight excluding hydrogens is 242 g/mol. The first-order valence-electron chi connectivity index (χ1n) is 5.12. The summed E-state index contributed by atoms with van der Waals surface area (Å²) >= 11 is 0. The van der Waals surface area contributed by atoms with Crippen molar-refractivity contribution in [3.05, 3.63) is 48.1 Å². The van der Waals surface area contributed by atoms with Crippen LogP contribution in [0.4, 0.5) is 8.78 Å². The van der Waals surface area contributed by atoms with Crippen molar-refractivity contribution in [1.82, 2.24) is 5.32 Å². The number of primary amides is 1. The molecule has 0 spiro atoms. The molecule has 96 valence electrons. The summed E-state index contributed by atoms with van der Waals surface area (Å²) in [5.41, 5.74) is 4.70. The number of carbonyl (C=O) groups is 2. The van der Waals surface area contributed by atoms with E-state index in [0.717, 1.165) is 12.1 Å². The molecule has 0 aliphatic carbocycles. The highest BCUT2D eigenvalue weighted by atomic mass is 19.1. The fourth-order valence-corrected chi connectivity index (χ4v) is 1.32. The number of hydrogen-bond acceptors (Lipinski definition) is 2. The summed E-state index contributed by atoms with van der Waals surface area (Å²) in [6, 6.07) is 1.55. The highest BCUT2D eigenvalue weighted by molar-refractivity contribution is 5.97. The zero-order valence-electron chi connectivity index (χ0n) is 9.45. The minimum Gasteiger partial charge on any atom is -0.368 e. The second kappa shape index (κ2) is 5.90. The number of carbonyl (C=O) groups excluding carboxylic acids is 2. The smallest absolute Gasteiger partial charge is 0.254 e. The van der Waals surface area contributed by atoms with Crippen LogP contribution >= 0.6 is 0 Å². The van der Waals surface area contributed by atoms with Crippen molar-refractivity contribution in [2.75, 3.05) is 0 Å². The first kappa shape index (κ1) is 13.8. The largest absolute Gasteiger partial charge is 0.368 e. The predicted molar refractivity (Wildman–Crippen MR) is 61.6 cm³/mol. The Bertz CT molecular complexity index is 489. The maximum absolute atomic E-state index is 13.3. The highest BCUT2D eigenvalue weighted by Gasteiger charge is 2.19. The van der Waals surface area contributed by atoms with E-state index in [2.05, 4.69) is 11.9 Å². The van der Waals surface area contributed by atoms with Crippen molar-refractivity contribution < 1.29 is 18.4 Å². The zero-order chi connectivity index (χ0) is 13.7. The summed E-state index contributed by atoms with van der Waals surface area (Å²) in [4.78, 5) is 22.7. The van der Waals surface area contributed by atoms with Crippen molar-refractivity contribution in [3.63, 3.8) is 0 Å². The lowest BCUT2D eigenvalue weighted by Gasteiger charge is -2.13. The summed E-state index contributed by atoms with van der Waals surface area (Å²) in [5, 5.41) is 2.25. The summed E-state index contributed by atoms with van der Waals surface area (Å²) in [6.45, 7) is 3.41. The molecule has 0 aromatic heterocycles. The van der Waals surface area contributed by atoms with E-state index in [1.165, 1.54) is 6.08 Å². The van der Waals surface area contributed by atoms with Gasteiger partial charge in [0.05, 0.1) is 5.56 Å². The number of benzene rings is 1. The fraction of sp³-hybridized carbons (Fsp3) is 0.167. The monoisotopic (exact) mass is 254 g/mol. The van der Waals surface area contributed by atoms with Gasteiger partial charge in [-0.1, -0.05) is 6.08 Å². The van der Waals surface area contributed by atoms with E-state index in [1.54, 1.807) is 0 Å². The molecule has 0 aliphatic rings. The molecule has 0 aliphatic heterocycles. The Labute approximate surface area is 102 Å². The molecule has 0 saturated heterocycles. The SMILES string of the molecule is C=CC[C@@H](NC(=O)c1ccc(F)cc1F)C(N)=O. The molecular formula is C12H12F2N2O2. The van der Waals surface area contributed by atoms with E-state index in [4.69, 9.17) is 5.73 Å². The molecule has 1 aromatic rings. The van der Waals surface area contributed by atoms with Crippen LogP contribution in [0.15, 0.2) is 30.9 Å². The Morgan fingerprint density at radius 1 is 1.44 bits per heavy atom. The Kier molecular flexibility index (Phi) is 4.53. The Morgan fingerprint density at radius 2 is 2.11 bits per heavy atom. The third-order valence-corrected chi connectivity index (χ3v) is 2.23. The van der Waals surface area contributed by atoms with Crippen LogP contribution in [0.3, 0.4) is 0 Å². The molecule has 18 heavy (non-hydrogen) atoms. The molecule has 6 heteroatoms. The van der Waals surface area contributed by atoms with E-state index in [9.17, 15) is 18.4 Å². The van der Waals surface area contributed by atoms with E-state index in [0.29, 0.717) is 6.07 Å². The maximum Gasteiger partial charge on any atom is 0.254 e. The van der Waals surface area contributed by atoms with Gasteiger partial charge in [-0.3, -0.25) is 9.59 Å². The number of rotatable bonds is 5. The lowest BCUT2D eigenvalue weighted by Crippen LogP contribution is -2.44. The molecule has 0 unspecified atom stereocenters. The molecule has 1 aromatic carbocycles. The first-order chi connectivity index (χ1) is 8.45. The van der Waals surface area contributed by atoms with Crippen molar-refractivity contribution in [3.8, 4) is 0 Å². The van der Waals surface area contributed by atoms with Gasteiger partial charge in [0.15, 0.2) is 0 Å². The van der Waals surface area contributed by atoms with Gasteiger partial charge in [0.25, 0.3) is 5.91 Å². The minimum absolute atomic E-state index is 0.129. The summed E-state index contributed by atoms with van der Waals surface area (Å²) in [7, 11) is 0. The molecule has 1 atom stereocenters. The average Bonchev–Trinajstić information content (AvgIpc) is 2.27. The lowest BCUT2D eigenvalue weighted by atomic mass is 10.1. The summed E-state index contributed by atoms with van der Waals surface area (Å²) < 4.78 is 26.0. The molecule has 1 rings (SSSR count). The third kappa shape index (κ3) is 3.38. The normalized spacial score (nSPS) is 11.7. The maximum atomic E-state index is 13.3. The number of nitrogens with one attached hydrogen (secondary N) is 1. The summed E-state index contributed by atoms with van der Waals surface area (Å²) in [5.74, 6) is -3.39. The lowest BCUT2D eigenvalue weighted by molar-refractivity contribution is -0.119. The predicted octanol–water partition coefficient (Wildman–Crippen LogP) is 1.12. The molecule has 0 bridgehead atoms. The van der Waals surface area contributed by atoms with Gasteiger partial charge in [-0.15, -0.1) is 6.58 Å². The third-order valence-electron chi connectivity index (χ3n) is 2.23. The minimum atomic E-state index is -1.01. The molecule has 0 heterocycles. The van der Waals surface area contributed by atoms with Gasteiger partial charge in [-0.25, -0.2) is 8.78 Å². The van der Waals surface area contributed by atoms with Crippen LogP contribution in [-0.4, -0.2) is 17.9 Å². The number of hydrogen-bond donors (Lipinski definition) is 2. The Balaban J connectivity index is 2.86. The van der Waals surface area contributed by atoms with E-state index in [1.807, 2.05) is 0 Å². The molecule has 0 radical (unpaired) electrons. The molecule has 2 amide bonds. The Morgan fingerprint density at radius 3 is 2.61 bits per heavy atom. The first-order valence-corrected chi connectivity index (χ1v) is 5.12. The second-order valence-electron chi connectivity index (χ2n) is 3.58. The zero-order valence-corrected chi connectivity index (χ0v) is 9.45. The van der Waals surface area contributed by atoms with Crippen LogP contribution in [0.1, 0.15) is 16.8 Å². The van der Waals surface area contributed by atoms with Gasteiger partial charge in [0.2, 0.25) is 5.91 Å². The number of halogens is 2. The number of nitrogens with two attached hydrogens (primary N) is 1. The van der Waals surface area contributed by atoms with Crippen molar-refractivity contribution >= 4 is 11.8 Å². The van der Waals surface area contributed by atoms with Crippen LogP contribution in [0.5, 0.6) is 0 Å². The van der Waals surface area contributed by atoms with E-state index in [-0.39, 0.29) is 12.0 Å². The van der Waals surface area contributed by atoms with Crippen LogP contribution in [0, 0.1) is 11.6 Å². The fourth-order valence-electron chi connectivity index (χ4n) is 1.32. The topological polar surface area (TPSA) is 72.2 Å². The molecule has 0 fully saturated rings. The van der Waals surface area contributed by atoms with Crippen LogP contribution < -0.4 is 11.1 Å². The molecule has 0 saturated carbocycles. The quantitative estimate of drug-likeness (QED) is 0.773. The van der Waals surface area contributed by atoms with Crippen molar-refractivity contribution in [2.45, 2.75) is 12.5 Å². The standard InChI is InChI=1S/C12H12F2N2O2/c1-2-3-10(11(15)17)16-12(18)8-5-4-7(13)6-9(8)14/h2,4-6,10H,1,3H2,(H2,15,17)(H,16,18)/t10-/m1/s1. The van der Waals surface area contributed by atoms with E-state index < -0.39 is 29.5 Å². The van der Waals surface area contributed by atoms with Crippen LogP contribution in [-0.2, 0) is 4.79 Å². The number of amides is 2. The molecule has 4 nitrogen and oxygen atoms in total. The van der Waals surface area contributed by atoms with Gasteiger partial charge in [-0.2, -0.15) is 0 Å². The van der Waals surface area contributed by atoms with E-state index >= 15 is 0 Å². The molecule has 3 N–H and O–H groups in total.